The Kier molecular flexibility index (Phi) is 4.03. The lowest BCUT2D eigenvalue weighted by Crippen LogP contribution is -1.98. The Morgan fingerprint density at radius 3 is 1.44 bits per heavy atom. The summed E-state index contributed by atoms with van der Waals surface area (Å²) in [5, 5.41) is 5.05. The number of hydrogen-bond acceptors (Lipinski definition) is 0. The Bertz CT molecular complexity index is 1830. The van der Waals surface area contributed by atoms with Gasteiger partial charge in [-0.25, -0.2) is 0 Å². The number of fused-ring (bicyclic) bond motifs is 6. The van der Waals surface area contributed by atoms with Crippen LogP contribution in [0, 0.1) is 0 Å². The van der Waals surface area contributed by atoms with Crippen LogP contribution in [0.25, 0.3) is 61.1 Å². The second-order valence-corrected chi connectivity index (χ2v) is 8.72. The van der Waals surface area contributed by atoms with E-state index < -0.39 is 0 Å². The van der Waals surface area contributed by atoms with E-state index in [0.717, 1.165) is 16.9 Å². The molecule has 0 radical (unpaired) electrons. The highest BCUT2D eigenvalue weighted by Crippen LogP contribution is 2.35. The number of rotatable bonds is 3. The maximum atomic E-state index is 3.96. The molecule has 7 rings (SSSR count). The van der Waals surface area contributed by atoms with Crippen LogP contribution in [-0.2, 0) is 0 Å². The minimum atomic E-state index is 1.13. The highest BCUT2D eigenvalue weighted by molar-refractivity contribution is 6.10. The quantitative estimate of drug-likeness (QED) is 0.264. The van der Waals surface area contributed by atoms with Gasteiger partial charge in [-0.2, -0.15) is 0 Å². The molecule has 34 heavy (non-hydrogen) atoms. The molecule has 2 heteroatoms. The zero-order valence-electron chi connectivity index (χ0n) is 18.6. The first kappa shape index (κ1) is 19.0. The monoisotopic (exact) mass is 434 g/mol. The lowest BCUT2D eigenvalue weighted by molar-refractivity contribution is 1.13. The van der Waals surface area contributed by atoms with E-state index in [1.807, 2.05) is 6.08 Å². The van der Waals surface area contributed by atoms with Crippen LogP contribution in [0.5, 0.6) is 0 Å². The maximum absolute atomic E-state index is 3.96. The van der Waals surface area contributed by atoms with E-state index in [0.29, 0.717) is 0 Å². The highest BCUT2D eigenvalue weighted by Gasteiger charge is 2.15. The molecule has 0 aliphatic rings. The third-order valence-electron chi connectivity index (χ3n) is 6.86. The van der Waals surface area contributed by atoms with Gasteiger partial charge in [0.05, 0.1) is 22.1 Å². The Balaban J connectivity index is 1.54. The molecule has 0 atom stereocenters. The minimum absolute atomic E-state index is 1.13. The predicted octanol–water partition coefficient (Wildman–Crippen LogP) is 8.52. The average molecular weight is 435 g/mol. The Hall–Kier alpha value is -4.56. The molecule has 0 aliphatic heterocycles. The number of aromatic nitrogens is 2. The molecule has 0 saturated heterocycles. The summed E-state index contributed by atoms with van der Waals surface area (Å²) < 4.78 is 4.74. The standard InChI is InChI=1S/C32H22N2/c1-2-22-18-19-32-28(20-22)27-14-5-8-17-31(27)34(32)24-11-9-10-23(21-24)33-29-15-6-3-12-25(29)26-13-4-7-16-30(26)33/h2-21H,1H2. The molecule has 0 unspecified atom stereocenters. The van der Waals surface area contributed by atoms with Crippen molar-refractivity contribution in [2.75, 3.05) is 0 Å². The van der Waals surface area contributed by atoms with Gasteiger partial charge in [0.1, 0.15) is 0 Å². The van der Waals surface area contributed by atoms with Crippen LogP contribution in [0.4, 0.5) is 0 Å². The van der Waals surface area contributed by atoms with E-state index in [9.17, 15) is 0 Å². The van der Waals surface area contributed by atoms with E-state index in [2.05, 4.69) is 131 Å². The van der Waals surface area contributed by atoms with E-state index >= 15 is 0 Å². The molecule has 0 saturated carbocycles. The molecule has 0 bridgehead atoms. The van der Waals surface area contributed by atoms with Gasteiger partial charge in [-0.05, 0) is 54.1 Å². The van der Waals surface area contributed by atoms with Gasteiger partial charge in [0, 0.05) is 32.9 Å². The average Bonchev–Trinajstić information content (AvgIpc) is 3.41. The molecule has 2 nitrogen and oxygen atoms in total. The zero-order chi connectivity index (χ0) is 22.6. The highest BCUT2D eigenvalue weighted by atomic mass is 15.0. The summed E-state index contributed by atoms with van der Waals surface area (Å²) in [6, 6.07) is 41.4. The van der Waals surface area contributed by atoms with E-state index in [4.69, 9.17) is 0 Å². The van der Waals surface area contributed by atoms with Gasteiger partial charge in [0.15, 0.2) is 0 Å². The summed E-state index contributed by atoms with van der Waals surface area (Å²) in [4.78, 5) is 0. The summed E-state index contributed by atoms with van der Waals surface area (Å²) in [6.45, 7) is 3.96. The predicted molar refractivity (Wildman–Crippen MR) is 145 cm³/mol. The molecule has 2 heterocycles. The van der Waals surface area contributed by atoms with Gasteiger partial charge in [0.2, 0.25) is 0 Å². The first-order valence-electron chi connectivity index (χ1n) is 11.6. The Morgan fingerprint density at radius 1 is 0.441 bits per heavy atom. The summed E-state index contributed by atoms with van der Waals surface area (Å²) in [5.41, 5.74) is 8.29. The second kappa shape index (κ2) is 7.23. The summed E-state index contributed by atoms with van der Waals surface area (Å²) >= 11 is 0. The Morgan fingerprint density at radius 2 is 0.912 bits per heavy atom. The third kappa shape index (κ3) is 2.63. The van der Waals surface area contributed by atoms with Gasteiger partial charge < -0.3 is 9.13 Å². The molecule has 160 valence electrons. The van der Waals surface area contributed by atoms with Crippen LogP contribution in [0.15, 0.2) is 122 Å². The molecule has 0 fully saturated rings. The number of benzene rings is 5. The fourth-order valence-corrected chi connectivity index (χ4v) is 5.37. The lowest BCUT2D eigenvalue weighted by Gasteiger charge is -2.12. The molecule has 0 aliphatic carbocycles. The number of nitrogens with zero attached hydrogens (tertiary/aromatic N) is 2. The van der Waals surface area contributed by atoms with Crippen molar-refractivity contribution in [1.29, 1.82) is 0 Å². The molecule has 0 N–H and O–H groups in total. The molecular weight excluding hydrogens is 412 g/mol. The fourth-order valence-electron chi connectivity index (χ4n) is 5.37. The number of para-hydroxylation sites is 3. The van der Waals surface area contributed by atoms with Crippen LogP contribution >= 0.6 is 0 Å². The number of hydrogen-bond donors (Lipinski definition) is 0. The van der Waals surface area contributed by atoms with E-state index in [1.165, 1.54) is 43.6 Å². The summed E-state index contributed by atoms with van der Waals surface area (Å²) in [5.74, 6) is 0. The topological polar surface area (TPSA) is 9.86 Å². The van der Waals surface area contributed by atoms with Crippen LogP contribution in [0.1, 0.15) is 5.56 Å². The largest absolute Gasteiger partial charge is 0.309 e. The normalized spacial score (nSPS) is 11.6. The minimum Gasteiger partial charge on any atom is -0.309 e. The van der Waals surface area contributed by atoms with Crippen molar-refractivity contribution in [3.05, 3.63) is 127 Å². The molecule has 0 spiro atoms. The van der Waals surface area contributed by atoms with Crippen molar-refractivity contribution in [3.63, 3.8) is 0 Å². The SMILES string of the molecule is C=Cc1ccc2c(c1)c1ccccc1n2-c1cccc(-n2c3ccccc3c3ccccc32)c1. The first-order chi connectivity index (χ1) is 16.8. The van der Waals surface area contributed by atoms with Gasteiger partial charge in [0.25, 0.3) is 0 Å². The van der Waals surface area contributed by atoms with Crippen molar-refractivity contribution < 1.29 is 0 Å². The summed E-state index contributed by atoms with van der Waals surface area (Å²) in [6.07, 6.45) is 1.91. The molecule has 0 amide bonds. The van der Waals surface area contributed by atoms with Gasteiger partial charge in [-0.3, -0.25) is 0 Å². The molecular formula is C32H22N2. The van der Waals surface area contributed by atoms with Crippen molar-refractivity contribution in [3.8, 4) is 11.4 Å². The lowest BCUT2D eigenvalue weighted by atomic mass is 10.1. The van der Waals surface area contributed by atoms with Crippen molar-refractivity contribution in [2.24, 2.45) is 0 Å². The molecule has 7 aromatic rings. The van der Waals surface area contributed by atoms with Crippen LogP contribution < -0.4 is 0 Å². The molecule has 5 aromatic carbocycles. The van der Waals surface area contributed by atoms with Gasteiger partial charge in [-0.1, -0.05) is 79.4 Å². The molecule has 2 aromatic heterocycles. The third-order valence-corrected chi connectivity index (χ3v) is 6.86. The zero-order valence-corrected chi connectivity index (χ0v) is 18.6. The van der Waals surface area contributed by atoms with Crippen LogP contribution in [0.2, 0.25) is 0 Å². The summed E-state index contributed by atoms with van der Waals surface area (Å²) in [7, 11) is 0. The Labute approximate surface area is 197 Å². The fraction of sp³-hybridized carbons (Fsp3) is 0. The second-order valence-electron chi connectivity index (χ2n) is 8.72. The van der Waals surface area contributed by atoms with Crippen LogP contribution in [0.3, 0.4) is 0 Å². The van der Waals surface area contributed by atoms with Gasteiger partial charge in [-0.15, -0.1) is 0 Å². The van der Waals surface area contributed by atoms with E-state index in [-0.39, 0.29) is 0 Å². The van der Waals surface area contributed by atoms with Gasteiger partial charge >= 0.3 is 0 Å². The smallest absolute Gasteiger partial charge is 0.0541 e. The maximum Gasteiger partial charge on any atom is 0.0541 e. The van der Waals surface area contributed by atoms with Crippen LogP contribution in [-0.4, -0.2) is 9.13 Å². The first-order valence-corrected chi connectivity index (χ1v) is 11.6. The van der Waals surface area contributed by atoms with E-state index in [1.54, 1.807) is 0 Å². The van der Waals surface area contributed by atoms with Crippen molar-refractivity contribution >= 4 is 49.7 Å². The van der Waals surface area contributed by atoms with Crippen molar-refractivity contribution in [2.45, 2.75) is 0 Å². The van der Waals surface area contributed by atoms with Crippen molar-refractivity contribution in [1.82, 2.24) is 9.13 Å².